The van der Waals surface area contributed by atoms with Crippen LogP contribution in [-0.4, -0.2) is 50.6 Å². The smallest absolute Gasteiger partial charge is 0.328 e. The molecule has 3 aromatic rings. The maximum absolute atomic E-state index is 14.3. The monoisotopic (exact) mass is 604 g/mol. The highest BCUT2D eigenvalue weighted by Crippen LogP contribution is 2.52. The summed E-state index contributed by atoms with van der Waals surface area (Å²) >= 11 is 0. The third-order valence-corrected chi connectivity index (χ3v) is 9.23. The van der Waals surface area contributed by atoms with Crippen molar-refractivity contribution in [3.63, 3.8) is 0 Å². The zero-order valence-electron chi connectivity index (χ0n) is 25.0. The van der Waals surface area contributed by atoms with Crippen LogP contribution >= 0.6 is 0 Å². The minimum Gasteiger partial charge on any atom is -0.328 e. The Hall–Kier alpha value is -4.17. The number of fused-ring (bicyclic) bond motifs is 1. The average Bonchev–Trinajstić information content (AvgIpc) is 3.70. The Morgan fingerprint density at radius 2 is 2.00 bits per heavy atom. The summed E-state index contributed by atoms with van der Waals surface area (Å²) in [5.41, 5.74) is 0.791. The molecule has 0 spiro atoms. The van der Waals surface area contributed by atoms with Crippen molar-refractivity contribution in [3.8, 4) is 11.8 Å². The lowest BCUT2D eigenvalue weighted by Crippen LogP contribution is -2.43. The first-order chi connectivity index (χ1) is 21.0. The molecule has 1 atom stereocenters. The molecular formula is C33H35F3N6O2. The lowest BCUT2D eigenvalue weighted by atomic mass is 9.58. The fraction of sp³-hybridized carbons (Fsp3) is 0.455. The number of alkyl halides is 3. The fourth-order valence-corrected chi connectivity index (χ4v) is 7.27. The molecule has 230 valence electrons. The van der Waals surface area contributed by atoms with E-state index >= 15 is 0 Å². The topological polar surface area (TPSA) is 83.4 Å². The predicted molar refractivity (Wildman–Crippen MR) is 158 cm³/mol. The van der Waals surface area contributed by atoms with Gasteiger partial charge in [-0.1, -0.05) is 25.0 Å². The molecule has 2 fully saturated rings. The number of benzene rings is 2. The van der Waals surface area contributed by atoms with E-state index in [1.807, 2.05) is 29.8 Å². The van der Waals surface area contributed by atoms with Gasteiger partial charge >= 0.3 is 6.18 Å². The van der Waals surface area contributed by atoms with E-state index in [9.17, 15) is 22.8 Å². The highest BCUT2D eigenvalue weighted by molar-refractivity contribution is 6.10. The third-order valence-electron chi connectivity index (χ3n) is 9.23. The van der Waals surface area contributed by atoms with Crippen molar-refractivity contribution < 1.29 is 22.8 Å². The Morgan fingerprint density at radius 1 is 1.20 bits per heavy atom. The molecule has 1 saturated heterocycles. The average molecular weight is 605 g/mol. The van der Waals surface area contributed by atoms with Gasteiger partial charge < -0.3 is 19.7 Å². The van der Waals surface area contributed by atoms with Gasteiger partial charge in [0.05, 0.1) is 17.5 Å². The first kappa shape index (κ1) is 29.9. The van der Waals surface area contributed by atoms with Gasteiger partial charge in [0.25, 0.3) is 11.8 Å². The summed E-state index contributed by atoms with van der Waals surface area (Å²) in [6, 6.07) is 10.2. The van der Waals surface area contributed by atoms with Crippen LogP contribution in [0.25, 0.3) is 0 Å². The lowest BCUT2D eigenvalue weighted by molar-refractivity contribution is -0.138. The molecule has 8 nitrogen and oxygen atoms in total. The number of hydrogen-bond donors (Lipinski definition) is 1. The van der Waals surface area contributed by atoms with Gasteiger partial charge in [-0.15, -0.1) is 10.2 Å². The van der Waals surface area contributed by atoms with Gasteiger partial charge in [-0.25, -0.2) is 0 Å². The van der Waals surface area contributed by atoms with E-state index in [-0.39, 0.29) is 41.6 Å². The van der Waals surface area contributed by atoms with Crippen LogP contribution in [0.15, 0.2) is 42.7 Å². The van der Waals surface area contributed by atoms with E-state index in [1.165, 1.54) is 4.90 Å². The largest absolute Gasteiger partial charge is 0.416 e. The van der Waals surface area contributed by atoms with E-state index < -0.39 is 17.6 Å². The standard InChI is InChI=1S/C33H35F3N6O2/c1-4-7-29(43)41-11-6-10-25(41)18-37-17-22-12-26-27(28(13-22)33(34,35)36)19-42(30(26)44)24-9-5-8-23(14-24)32(15-21(2)16-32)31-39-38-20-40(31)3/h5,8-9,12-14,20-21,25,37H,6,10-11,15-19H2,1-3H3/t21?,25-,32?/m0/s1. The van der Waals surface area contributed by atoms with Crippen molar-refractivity contribution in [1.82, 2.24) is 25.0 Å². The Bertz CT molecular complexity index is 1660. The second-order valence-corrected chi connectivity index (χ2v) is 12.3. The molecule has 1 aromatic heterocycles. The van der Waals surface area contributed by atoms with Crippen molar-refractivity contribution in [1.29, 1.82) is 0 Å². The molecule has 0 bridgehead atoms. The summed E-state index contributed by atoms with van der Waals surface area (Å²) < 4.78 is 44.9. The summed E-state index contributed by atoms with van der Waals surface area (Å²) in [5, 5.41) is 11.7. The molecule has 3 heterocycles. The molecular weight excluding hydrogens is 569 g/mol. The first-order valence-electron chi connectivity index (χ1n) is 15.0. The van der Waals surface area contributed by atoms with E-state index in [4.69, 9.17) is 0 Å². The van der Waals surface area contributed by atoms with Crippen LogP contribution in [0.1, 0.15) is 78.0 Å². The molecule has 6 rings (SSSR count). The SMILES string of the molecule is CC#CC(=O)N1CCC[C@H]1CNCc1cc2c(c(C(F)(F)F)c1)CN(c1cccc(C3(c4nncn4C)CC(C)C3)c1)C2=O. The van der Waals surface area contributed by atoms with Gasteiger partial charge in [-0.3, -0.25) is 9.59 Å². The van der Waals surface area contributed by atoms with E-state index in [2.05, 4.69) is 34.3 Å². The fourth-order valence-electron chi connectivity index (χ4n) is 7.27. The molecule has 2 aliphatic heterocycles. The van der Waals surface area contributed by atoms with Crippen molar-refractivity contribution in [3.05, 3.63) is 76.4 Å². The molecule has 1 saturated carbocycles. The number of hydrogen-bond acceptors (Lipinski definition) is 5. The van der Waals surface area contributed by atoms with Crippen LogP contribution in [0.4, 0.5) is 18.9 Å². The number of halogens is 3. The molecule has 0 radical (unpaired) electrons. The first-order valence-corrected chi connectivity index (χ1v) is 15.0. The molecule has 44 heavy (non-hydrogen) atoms. The number of nitrogens with zero attached hydrogens (tertiary/aromatic N) is 5. The predicted octanol–water partition coefficient (Wildman–Crippen LogP) is 4.81. The summed E-state index contributed by atoms with van der Waals surface area (Å²) in [6.07, 6.45) is 0.425. The normalized spacial score (nSPS) is 22.9. The quantitative estimate of drug-likeness (QED) is 0.392. The summed E-state index contributed by atoms with van der Waals surface area (Å²) in [6.45, 7) is 4.79. The molecule has 2 amide bonds. The van der Waals surface area contributed by atoms with Crippen LogP contribution < -0.4 is 10.2 Å². The van der Waals surface area contributed by atoms with Gasteiger partial charge in [-0.05, 0) is 85.4 Å². The maximum Gasteiger partial charge on any atom is 0.416 e. The van der Waals surface area contributed by atoms with Gasteiger partial charge in [0, 0.05) is 44.0 Å². The van der Waals surface area contributed by atoms with Crippen LogP contribution in [0.2, 0.25) is 0 Å². The minimum atomic E-state index is -4.62. The highest BCUT2D eigenvalue weighted by Gasteiger charge is 2.48. The number of likely N-dealkylation sites (tertiary alicyclic amines) is 1. The summed E-state index contributed by atoms with van der Waals surface area (Å²) in [7, 11) is 1.90. The number of amides is 2. The van der Waals surface area contributed by atoms with Crippen molar-refractivity contribution in [2.75, 3.05) is 18.0 Å². The number of anilines is 1. The number of rotatable bonds is 7. The Morgan fingerprint density at radius 3 is 2.68 bits per heavy atom. The zero-order valence-corrected chi connectivity index (χ0v) is 25.0. The van der Waals surface area contributed by atoms with Crippen molar-refractivity contribution in [2.45, 2.75) is 70.3 Å². The molecule has 11 heteroatoms. The number of nitrogens with one attached hydrogen (secondary N) is 1. The van der Waals surface area contributed by atoms with E-state index in [0.29, 0.717) is 30.3 Å². The second kappa shape index (κ2) is 11.4. The molecule has 1 N–H and O–H groups in total. The Kier molecular flexibility index (Phi) is 7.74. The second-order valence-electron chi connectivity index (χ2n) is 12.3. The molecule has 2 aromatic carbocycles. The van der Waals surface area contributed by atoms with Gasteiger partial charge in [-0.2, -0.15) is 13.2 Å². The number of carbonyl (C=O) groups is 2. The zero-order chi connectivity index (χ0) is 31.2. The summed E-state index contributed by atoms with van der Waals surface area (Å²) in [5.74, 6) is 5.82. The van der Waals surface area contributed by atoms with E-state index in [0.717, 1.165) is 43.1 Å². The van der Waals surface area contributed by atoms with Crippen molar-refractivity contribution >= 4 is 17.5 Å². The molecule has 0 unspecified atom stereocenters. The van der Waals surface area contributed by atoms with E-state index in [1.54, 1.807) is 30.3 Å². The van der Waals surface area contributed by atoms with Crippen LogP contribution in [0, 0.1) is 17.8 Å². The Labute approximate surface area is 254 Å². The van der Waals surface area contributed by atoms with Crippen LogP contribution in [0.5, 0.6) is 0 Å². The number of aryl methyl sites for hydroxylation is 1. The third kappa shape index (κ3) is 5.25. The lowest BCUT2D eigenvalue weighted by Gasteiger charge is -2.46. The minimum absolute atomic E-state index is 0.0114. The maximum atomic E-state index is 14.3. The van der Waals surface area contributed by atoms with Crippen LogP contribution in [0.3, 0.4) is 0 Å². The number of carbonyl (C=O) groups excluding carboxylic acids is 2. The summed E-state index contributed by atoms with van der Waals surface area (Å²) in [4.78, 5) is 29.2. The Balaban J connectivity index is 1.25. The van der Waals surface area contributed by atoms with Gasteiger partial charge in [0.15, 0.2) is 0 Å². The number of aromatic nitrogens is 3. The van der Waals surface area contributed by atoms with Gasteiger partial charge in [0.2, 0.25) is 0 Å². The van der Waals surface area contributed by atoms with Crippen molar-refractivity contribution in [2.24, 2.45) is 13.0 Å². The van der Waals surface area contributed by atoms with Gasteiger partial charge in [0.1, 0.15) is 12.2 Å². The van der Waals surface area contributed by atoms with Crippen LogP contribution in [-0.2, 0) is 36.5 Å². The molecule has 1 aliphatic carbocycles. The highest BCUT2D eigenvalue weighted by atomic mass is 19.4. The molecule has 3 aliphatic rings.